The third-order valence-corrected chi connectivity index (χ3v) is 2.82. The first-order chi connectivity index (χ1) is 6.36. The minimum atomic E-state index is 0.557. The van der Waals surface area contributed by atoms with Crippen LogP contribution in [0.15, 0.2) is 22.1 Å². The molecule has 0 amide bonds. The summed E-state index contributed by atoms with van der Waals surface area (Å²) in [6.07, 6.45) is 4.43. The maximum Gasteiger partial charge on any atom is 0.255 e. The van der Waals surface area contributed by atoms with Gasteiger partial charge in [0.2, 0.25) is 0 Å². The van der Waals surface area contributed by atoms with Crippen molar-refractivity contribution in [2.45, 2.75) is 31.5 Å². The summed E-state index contributed by atoms with van der Waals surface area (Å²) < 4.78 is 5.13. The Labute approximate surface area is 83.3 Å². The van der Waals surface area contributed by atoms with Gasteiger partial charge in [0.15, 0.2) is 0 Å². The maximum absolute atomic E-state index is 5.13. The summed E-state index contributed by atoms with van der Waals surface area (Å²) in [5.41, 5.74) is 0. The Morgan fingerprint density at radius 3 is 3.00 bits per heavy atom. The lowest BCUT2D eigenvalue weighted by Gasteiger charge is -2.13. The van der Waals surface area contributed by atoms with Gasteiger partial charge < -0.3 is 9.73 Å². The fourth-order valence-corrected chi connectivity index (χ4v) is 2.02. The number of nitrogens with zero attached hydrogens (tertiary/aromatic N) is 1. The number of hydrogen-bond acceptors (Lipinski definition) is 4. The summed E-state index contributed by atoms with van der Waals surface area (Å²) in [5.74, 6) is 1.02. The van der Waals surface area contributed by atoms with Crippen molar-refractivity contribution in [3.63, 3.8) is 0 Å². The molecule has 1 aromatic rings. The van der Waals surface area contributed by atoms with Gasteiger partial charge in [-0.05, 0) is 13.0 Å². The van der Waals surface area contributed by atoms with Crippen LogP contribution in [0.4, 0.5) is 0 Å². The van der Waals surface area contributed by atoms with Crippen LogP contribution in [-0.4, -0.2) is 23.3 Å². The number of oxazole rings is 1. The third kappa shape index (κ3) is 3.83. The molecule has 0 aliphatic heterocycles. The summed E-state index contributed by atoms with van der Waals surface area (Å²) in [4.78, 5) is 4.05. The summed E-state index contributed by atoms with van der Waals surface area (Å²) in [6.45, 7) is 5.33. The fourth-order valence-electron chi connectivity index (χ4n) is 1.06. The van der Waals surface area contributed by atoms with Crippen molar-refractivity contribution in [2.75, 3.05) is 12.3 Å². The maximum atomic E-state index is 5.13. The Hall–Kier alpha value is -0.480. The summed E-state index contributed by atoms with van der Waals surface area (Å²) in [5, 5.41) is 4.16. The predicted molar refractivity (Wildman–Crippen MR) is 55.0 cm³/mol. The second kappa shape index (κ2) is 6.05. The lowest BCUT2D eigenvalue weighted by atomic mass is 10.2. The SMILES string of the molecule is CCNC(CC)CSc1ncco1. The van der Waals surface area contributed by atoms with Gasteiger partial charge in [-0.15, -0.1) is 0 Å². The monoisotopic (exact) mass is 200 g/mol. The van der Waals surface area contributed by atoms with E-state index in [1.807, 2.05) is 0 Å². The van der Waals surface area contributed by atoms with Crippen molar-refractivity contribution in [2.24, 2.45) is 0 Å². The van der Waals surface area contributed by atoms with Crippen LogP contribution in [0.2, 0.25) is 0 Å². The van der Waals surface area contributed by atoms with Crippen molar-refractivity contribution in [3.05, 3.63) is 12.5 Å². The van der Waals surface area contributed by atoms with Gasteiger partial charge in [0.1, 0.15) is 6.26 Å². The molecule has 74 valence electrons. The minimum Gasteiger partial charge on any atom is -0.440 e. The Balaban J connectivity index is 2.23. The zero-order valence-electron chi connectivity index (χ0n) is 8.12. The molecule has 0 spiro atoms. The summed E-state index contributed by atoms with van der Waals surface area (Å²) in [6, 6.07) is 0.557. The van der Waals surface area contributed by atoms with E-state index in [-0.39, 0.29) is 0 Å². The first-order valence-electron chi connectivity index (χ1n) is 4.62. The van der Waals surface area contributed by atoms with Crippen molar-refractivity contribution >= 4 is 11.8 Å². The zero-order valence-corrected chi connectivity index (χ0v) is 8.93. The molecule has 13 heavy (non-hydrogen) atoms. The first-order valence-corrected chi connectivity index (χ1v) is 5.61. The zero-order chi connectivity index (χ0) is 9.52. The molecule has 0 saturated heterocycles. The van der Waals surface area contributed by atoms with Gasteiger partial charge in [-0.25, -0.2) is 4.98 Å². The van der Waals surface area contributed by atoms with E-state index < -0.39 is 0 Å². The molecule has 3 nitrogen and oxygen atoms in total. The van der Waals surface area contributed by atoms with Gasteiger partial charge in [-0.2, -0.15) is 0 Å². The van der Waals surface area contributed by atoms with E-state index in [0.29, 0.717) is 6.04 Å². The van der Waals surface area contributed by atoms with E-state index >= 15 is 0 Å². The van der Waals surface area contributed by atoms with Crippen LogP contribution in [0, 0.1) is 0 Å². The van der Waals surface area contributed by atoms with Gasteiger partial charge >= 0.3 is 0 Å². The van der Waals surface area contributed by atoms with Crippen LogP contribution in [0.1, 0.15) is 20.3 Å². The van der Waals surface area contributed by atoms with E-state index in [1.165, 1.54) is 0 Å². The van der Waals surface area contributed by atoms with Crippen molar-refractivity contribution in [1.29, 1.82) is 0 Å². The first kappa shape index (κ1) is 10.6. The number of hydrogen-bond donors (Lipinski definition) is 1. The average molecular weight is 200 g/mol. The van der Waals surface area contributed by atoms with Crippen LogP contribution in [0.25, 0.3) is 0 Å². The number of rotatable bonds is 6. The highest BCUT2D eigenvalue weighted by Gasteiger charge is 2.06. The molecule has 0 aliphatic carbocycles. The number of nitrogens with one attached hydrogen (secondary N) is 1. The number of thioether (sulfide) groups is 1. The minimum absolute atomic E-state index is 0.557. The van der Waals surface area contributed by atoms with Crippen LogP contribution in [0.5, 0.6) is 0 Å². The highest BCUT2D eigenvalue weighted by atomic mass is 32.2. The molecular formula is C9H16N2OS. The molecule has 4 heteroatoms. The highest BCUT2D eigenvalue weighted by molar-refractivity contribution is 7.99. The van der Waals surface area contributed by atoms with Crippen LogP contribution >= 0.6 is 11.8 Å². The van der Waals surface area contributed by atoms with Crippen LogP contribution < -0.4 is 5.32 Å². The Kier molecular flexibility index (Phi) is 4.93. The van der Waals surface area contributed by atoms with E-state index in [0.717, 1.165) is 23.9 Å². The predicted octanol–water partition coefficient (Wildman–Crippen LogP) is 2.15. The molecule has 0 aromatic carbocycles. The van der Waals surface area contributed by atoms with Gasteiger partial charge in [-0.1, -0.05) is 25.6 Å². The third-order valence-electron chi connectivity index (χ3n) is 1.80. The van der Waals surface area contributed by atoms with Crippen LogP contribution in [-0.2, 0) is 0 Å². The molecule has 0 aliphatic rings. The Bertz CT molecular complexity index is 213. The van der Waals surface area contributed by atoms with E-state index in [4.69, 9.17) is 4.42 Å². The molecule has 1 atom stereocenters. The quantitative estimate of drug-likeness (QED) is 0.714. The standard InChI is InChI=1S/C9H16N2OS/c1-3-8(10-4-2)7-13-9-11-5-6-12-9/h5-6,8,10H,3-4,7H2,1-2H3. The summed E-state index contributed by atoms with van der Waals surface area (Å²) in [7, 11) is 0. The topological polar surface area (TPSA) is 38.1 Å². The van der Waals surface area contributed by atoms with Crippen LogP contribution in [0.3, 0.4) is 0 Å². The van der Waals surface area contributed by atoms with Crippen molar-refractivity contribution in [3.8, 4) is 0 Å². The largest absolute Gasteiger partial charge is 0.440 e. The molecule has 1 unspecified atom stereocenters. The van der Waals surface area contributed by atoms with Crippen molar-refractivity contribution in [1.82, 2.24) is 10.3 Å². The lowest BCUT2D eigenvalue weighted by molar-refractivity contribution is 0.452. The average Bonchev–Trinajstić information content (AvgIpc) is 2.64. The van der Waals surface area contributed by atoms with Gasteiger partial charge in [0.25, 0.3) is 5.22 Å². The molecule has 0 fully saturated rings. The normalized spacial score (nSPS) is 13.1. The van der Waals surface area contributed by atoms with Gasteiger partial charge in [0, 0.05) is 11.8 Å². The molecule has 0 saturated carbocycles. The second-order valence-electron chi connectivity index (χ2n) is 2.77. The Morgan fingerprint density at radius 1 is 1.62 bits per heavy atom. The molecule has 0 radical (unpaired) electrons. The van der Waals surface area contributed by atoms with Crippen molar-refractivity contribution < 1.29 is 4.42 Å². The summed E-state index contributed by atoms with van der Waals surface area (Å²) >= 11 is 1.66. The smallest absolute Gasteiger partial charge is 0.255 e. The molecule has 1 N–H and O–H groups in total. The van der Waals surface area contributed by atoms with E-state index in [2.05, 4.69) is 24.1 Å². The van der Waals surface area contributed by atoms with Gasteiger partial charge in [-0.3, -0.25) is 0 Å². The Morgan fingerprint density at radius 2 is 2.46 bits per heavy atom. The molecule has 1 aromatic heterocycles. The molecule has 0 bridgehead atoms. The van der Waals surface area contributed by atoms with E-state index in [9.17, 15) is 0 Å². The second-order valence-corrected chi connectivity index (χ2v) is 3.74. The molecular weight excluding hydrogens is 184 g/mol. The molecule has 1 rings (SSSR count). The van der Waals surface area contributed by atoms with Gasteiger partial charge in [0.05, 0.1) is 6.20 Å². The van der Waals surface area contributed by atoms with E-state index in [1.54, 1.807) is 24.2 Å². The highest BCUT2D eigenvalue weighted by Crippen LogP contribution is 2.16. The molecule has 1 heterocycles. The fraction of sp³-hybridized carbons (Fsp3) is 0.667. The lowest BCUT2D eigenvalue weighted by Crippen LogP contribution is -2.30. The number of aromatic nitrogens is 1.